The number of Topliss-reactive ketones (excluding diaryl/α,β-unsaturated/α-hetero) is 1. The van der Waals surface area contributed by atoms with Gasteiger partial charge in [0.15, 0.2) is 16.6 Å². The summed E-state index contributed by atoms with van der Waals surface area (Å²) in [6, 6.07) is 0.315. The summed E-state index contributed by atoms with van der Waals surface area (Å²) in [5.41, 5.74) is 0.249. The number of thiazole rings is 1. The lowest BCUT2D eigenvalue weighted by Crippen LogP contribution is -2.29. The first-order valence-corrected chi connectivity index (χ1v) is 7.62. The molecule has 1 fully saturated rings. The van der Waals surface area contributed by atoms with Crippen LogP contribution in [-0.2, 0) is 0 Å². The predicted octanol–water partition coefficient (Wildman–Crippen LogP) is 3.42. The zero-order chi connectivity index (χ0) is 14.9. The van der Waals surface area contributed by atoms with Gasteiger partial charge in [0.25, 0.3) is 0 Å². The number of aromatic nitrogens is 1. The van der Waals surface area contributed by atoms with Crippen LogP contribution in [-0.4, -0.2) is 27.9 Å². The number of carbonyl (C=O) groups excluding carboxylic acids is 1. The van der Waals surface area contributed by atoms with Gasteiger partial charge in [-0.15, -0.1) is 0 Å². The number of ketones is 1. The average molecular weight is 296 g/mol. The van der Waals surface area contributed by atoms with Gasteiger partial charge >= 0.3 is 5.97 Å². The quantitative estimate of drug-likeness (QED) is 0.832. The molecule has 0 unspecified atom stereocenters. The first-order chi connectivity index (χ1) is 9.28. The maximum Gasteiger partial charge on any atom is 0.356 e. The van der Waals surface area contributed by atoms with Gasteiger partial charge in [-0.05, 0) is 31.1 Å². The van der Waals surface area contributed by atoms with Gasteiger partial charge in [-0.3, -0.25) is 4.79 Å². The highest BCUT2D eigenvalue weighted by molar-refractivity contribution is 7.17. The Balaban J connectivity index is 2.09. The molecule has 0 saturated heterocycles. The molecule has 1 aliphatic carbocycles. The predicted molar refractivity (Wildman–Crippen MR) is 78.7 cm³/mol. The number of carboxylic acids is 1. The van der Waals surface area contributed by atoms with Crippen molar-refractivity contribution in [1.82, 2.24) is 4.98 Å². The Kier molecular flexibility index (Phi) is 4.13. The molecular formula is C14H20N2O3S. The number of nitrogens with zero attached hydrogens (tertiary/aromatic N) is 1. The molecular weight excluding hydrogens is 276 g/mol. The van der Waals surface area contributed by atoms with Crippen molar-refractivity contribution in [2.75, 3.05) is 5.32 Å². The van der Waals surface area contributed by atoms with Gasteiger partial charge in [-0.2, -0.15) is 0 Å². The number of aromatic carboxylic acids is 1. The molecule has 2 N–H and O–H groups in total. The molecule has 0 bridgehead atoms. The van der Waals surface area contributed by atoms with Gasteiger partial charge in [-0.1, -0.05) is 25.2 Å². The Labute approximate surface area is 122 Å². The molecule has 0 atom stereocenters. The minimum Gasteiger partial charge on any atom is -0.476 e. The maximum absolute atomic E-state index is 11.4. The number of hydrogen-bond acceptors (Lipinski definition) is 5. The summed E-state index contributed by atoms with van der Waals surface area (Å²) in [6.07, 6.45) is 4.37. The second-order valence-electron chi connectivity index (χ2n) is 6.14. The molecule has 1 saturated carbocycles. The first kappa shape index (κ1) is 15.0. The summed E-state index contributed by atoms with van der Waals surface area (Å²) >= 11 is 1.14. The Morgan fingerprint density at radius 1 is 1.35 bits per heavy atom. The largest absolute Gasteiger partial charge is 0.476 e. The maximum atomic E-state index is 11.4. The second-order valence-corrected chi connectivity index (χ2v) is 7.14. The van der Waals surface area contributed by atoms with Crippen LogP contribution in [0.5, 0.6) is 0 Å². The molecule has 0 amide bonds. The highest BCUT2D eigenvalue weighted by atomic mass is 32.1. The topological polar surface area (TPSA) is 79.3 Å². The van der Waals surface area contributed by atoms with Crippen molar-refractivity contribution in [3.05, 3.63) is 10.6 Å². The number of carboxylic acid groups (broad SMARTS) is 1. The first-order valence-electron chi connectivity index (χ1n) is 6.80. The van der Waals surface area contributed by atoms with Crippen molar-refractivity contribution >= 4 is 28.2 Å². The van der Waals surface area contributed by atoms with Crippen LogP contribution < -0.4 is 5.32 Å². The average Bonchev–Trinajstić information content (AvgIpc) is 2.76. The van der Waals surface area contributed by atoms with Crippen LogP contribution >= 0.6 is 11.3 Å². The van der Waals surface area contributed by atoms with Crippen molar-refractivity contribution < 1.29 is 14.7 Å². The minimum absolute atomic E-state index is 0.138. The van der Waals surface area contributed by atoms with Crippen LogP contribution in [0, 0.1) is 5.41 Å². The van der Waals surface area contributed by atoms with E-state index in [9.17, 15) is 9.59 Å². The van der Waals surface area contributed by atoms with Crippen LogP contribution in [0.2, 0.25) is 0 Å². The molecule has 0 radical (unpaired) electrons. The number of rotatable bonds is 4. The Bertz CT molecular complexity index is 495. The smallest absolute Gasteiger partial charge is 0.356 e. The minimum atomic E-state index is -1.15. The lowest BCUT2D eigenvalue weighted by atomic mass is 9.76. The van der Waals surface area contributed by atoms with E-state index >= 15 is 0 Å². The third-order valence-electron chi connectivity index (χ3n) is 3.82. The van der Waals surface area contributed by atoms with E-state index in [0.717, 1.165) is 37.0 Å². The summed E-state index contributed by atoms with van der Waals surface area (Å²) < 4.78 is 0. The van der Waals surface area contributed by atoms with Gasteiger partial charge in [0.05, 0.1) is 0 Å². The van der Waals surface area contributed by atoms with Crippen LogP contribution in [0.25, 0.3) is 0 Å². The third-order valence-corrected chi connectivity index (χ3v) is 4.90. The van der Waals surface area contributed by atoms with Crippen LogP contribution in [0.3, 0.4) is 0 Å². The fraction of sp³-hybridized carbons (Fsp3) is 0.643. The Hall–Kier alpha value is -1.43. The monoisotopic (exact) mass is 296 g/mol. The van der Waals surface area contributed by atoms with E-state index in [1.165, 1.54) is 6.92 Å². The van der Waals surface area contributed by atoms with Gasteiger partial charge in [0.2, 0.25) is 0 Å². The van der Waals surface area contributed by atoms with Crippen LogP contribution in [0.1, 0.15) is 66.6 Å². The molecule has 1 aliphatic rings. The zero-order valence-electron chi connectivity index (χ0n) is 12.0. The summed E-state index contributed by atoms with van der Waals surface area (Å²) in [7, 11) is 0. The SMILES string of the molecule is CC(=O)c1sc(NC2CCC(C)(C)CC2)nc1C(=O)O. The molecule has 0 aliphatic heterocycles. The second kappa shape index (κ2) is 5.52. The van der Waals surface area contributed by atoms with E-state index in [2.05, 4.69) is 24.1 Å². The zero-order valence-corrected chi connectivity index (χ0v) is 12.8. The Morgan fingerprint density at radius 2 is 1.95 bits per heavy atom. The molecule has 1 heterocycles. The fourth-order valence-electron chi connectivity index (χ4n) is 2.48. The lowest BCUT2D eigenvalue weighted by Gasteiger charge is -2.34. The summed E-state index contributed by atoms with van der Waals surface area (Å²) in [6.45, 7) is 5.90. The Morgan fingerprint density at radius 3 is 2.40 bits per heavy atom. The summed E-state index contributed by atoms with van der Waals surface area (Å²) in [5, 5.41) is 12.9. The van der Waals surface area contributed by atoms with Crippen molar-refractivity contribution in [2.24, 2.45) is 5.41 Å². The van der Waals surface area contributed by atoms with Crippen molar-refractivity contribution in [3.8, 4) is 0 Å². The molecule has 6 heteroatoms. The molecule has 0 aromatic carbocycles. The molecule has 1 aromatic rings. The standard InChI is InChI=1S/C14H20N2O3S/c1-8(17)11-10(12(18)19)16-13(20-11)15-9-4-6-14(2,3)7-5-9/h9H,4-7H2,1-3H3,(H,15,16)(H,18,19). The van der Waals surface area contributed by atoms with Gasteiger partial charge < -0.3 is 10.4 Å². The van der Waals surface area contributed by atoms with Gasteiger partial charge in [0, 0.05) is 13.0 Å². The van der Waals surface area contributed by atoms with E-state index < -0.39 is 5.97 Å². The van der Waals surface area contributed by atoms with Crippen molar-refractivity contribution in [2.45, 2.75) is 52.5 Å². The van der Waals surface area contributed by atoms with E-state index in [1.807, 2.05) is 0 Å². The van der Waals surface area contributed by atoms with E-state index in [4.69, 9.17) is 5.11 Å². The third kappa shape index (κ3) is 3.36. The molecule has 110 valence electrons. The van der Waals surface area contributed by atoms with E-state index in [-0.39, 0.29) is 16.4 Å². The molecule has 20 heavy (non-hydrogen) atoms. The van der Waals surface area contributed by atoms with Gasteiger partial charge in [-0.25, -0.2) is 9.78 Å². The van der Waals surface area contributed by atoms with Crippen molar-refractivity contribution in [3.63, 3.8) is 0 Å². The molecule has 0 spiro atoms. The van der Waals surface area contributed by atoms with Gasteiger partial charge in [0.1, 0.15) is 4.88 Å². The fourth-order valence-corrected chi connectivity index (χ4v) is 3.41. The molecule has 5 nitrogen and oxygen atoms in total. The normalized spacial score (nSPS) is 18.8. The molecule has 2 rings (SSSR count). The van der Waals surface area contributed by atoms with E-state index in [0.29, 0.717) is 16.6 Å². The van der Waals surface area contributed by atoms with Crippen molar-refractivity contribution in [1.29, 1.82) is 0 Å². The highest BCUT2D eigenvalue weighted by Gasteiger charge is 2.28. The van der Waals surface area contributed by atoms with Crippen LogP contribution in [0.4, 0.5) is 5.13 Å². The lowest BCUT2D eigenvalue weighted by molar-refractivity contribution is 0.0687. The summed E-state index contributed by atoms with van der Waals surface area (Å²) in [5.74, 6) is -1.40. The van der Waals surface area contributed by atoms with Crippen LogP contribution in [0.15, 0.2) is 0 Å². The number of nitrogens with one attached hydrogen (secondary N) is 1. The number of anilines is 1. The highest BCUT2D eigenvalue weighted by Crippen LogP contribution is 2.36. The number of hydrogen-bond donors (Lipinski definition) is 2. The molecule has 1 aromatic heterocycles. The summed E-state index contributed by atoms with van der Waals surface area (Å²) in [4.78, 5) is 26.8. The number of carbonyl (C=O) groups is 2. The van der Waals surface area contributed by atoms with E-state index in [1.54, 1.807) is 0 Å².